The maximum atomic E-state index is 11.3. The summed E-state index contributed by atoms with van der Waals surface area (Å²) in [6, 6.07) is -1.18. The molecule has 2 N–H and O–H groups in total. The molecule has 8 heteroatoms. The van der Waals surface area contributed by atoms with E-state index in [0.29, 0.717) is 6.42 Å². The van der Waals surface area contributed by atoms with E-state index in [0.717, 1.165) is 0 Å². The molecular weight excluding hydrogens is 260 g/mol. The first-order valence-electron chi connectivity index (χ1n) is 4.80. The largest absolute Gasteiger partial charge is 1.00 e. The number of carboxylic acids is 1. The predicted octanol–water partition coefficient (Wildman–Crippen LogP) is -3.12. The standard InChI is InChI=1S/C8H18NO5P.K/c1-4-6(3)7(8(10)11)9-15(12,13)14-5-2;/h6-7H,4-5H2,1-3H3,(H,10,11)(H2,9,12,13);/q;+1/p-1. The number of carbonyl (C=O) groups excluding carboxylic acids is 1. The summed E-state index contributed by atoms with van der Waals surface area (Å²) in [5.41, 5.74) is 0. The van der Waals surface area contributed by atoms with Crippen molar-refractivity contribution in [1.82, 2.24) is 5.09 Å². The van der Waals surface area contributed by atoms with Gasteiger partial charge >= 0.3 is 59.1 Å². The number of carbonyl (C=O) groups is 1. The van der Waals surface area contributed by atoms with Crippen LogP contribution in [0, 0.1) is 5.92 Å². The molecule has 0 bridgehead atoms. The third-order valence-corrected chi connectivity index (χ3v) is 3.29. The second-order valence-electron chi connectivity index (χ2n) is 3.25. The van der Waals surface area contributed by atoms with Crippen LogP contribution in [-0.4, -0.2) is 23.5 Å². The zero-order valence-corrected chi connectivity index (χ0v) is 14.1. The molecule has 3 unspecified atom stereocenters. The van der Waals surface area contributed by atoms with Crippen LogP contribution >= 0.6 is 7.75 Å². The average Bonchev–Trinajstić information content (AvgIpc) is 2.12. The zero-order valence-electron chi connectivity index (χ0n) is 10.1. The normalized spacial score (nSPS) is 18.0. The third-order valence-electron chi connectivity index (χ3n) is 2.07. The quantitative estimate of drug-likeness (QED) is 0.377. The number of hydrogen-bond acceptors (Lipinski definition) is 4. The van der Waals surface area contributed by atoms with Crippen LogP contribution < -0.4 is 61.6 Å². The van der Waals surface area contributed by atoms with Crippen molar-refractivity contribution in [2.75, 3.05) is 6.61 Å². The summed E-state index contributed by atoms with van der Waals surface area (Å²) in [6.45, 7) is 5.01. The number of aliphatic carboxylic acids is 1. The topological polar surface area (TPSA) is 98.7 Å². The molecule has 0 aliphatic rings. The van der Waals surface area contributed by atoms with Crippen molar-refractivity contribution in [2.45, 2.75) is 33.2 Å². The molecule has 0 aromatic rings. The minimum Gasteiger partial charge on any atom is -0.548 e. The molecule has 0 spiro atoms. The van der Waals surface area contributed by atoms with E-state index in [-0.39, 0.29) is 63.9 Å². The van der Waals surface area contributed by atoms with Crippen molar-refractivity contribution >= 4 is 13.7 Å². The second kappa shape index (κ2) is 9.19. The van der Waals surface area contributed by atoms with E-state index in [1.807, 2.05) is 0 Å². The molecule has 0 aromatic heterocycles. The molecule has 90 valence electrons. The van der Waals surface area contributed by atoms with Crippen molar-refractivity contribution in [1.29, 1.82) is 0 Å². The number of nitrogens with one attached hydrogen (secondary N) is 1. The van der Waals surface area contributed by atoms with Crippen molar-refractivity contribution in [2.24, 2.45) is 5.92 Å². The van der Waals surface area contributed by atoms with Gasteiger partial charge in [-0.05, 0) is 12.8 Å². The minimum atomic E-state index is -4.04. The fourth-order valence-electron chi connectivity index (χ4n) is 1.04. The summed E-state index contributed by atoms with van der Waals surface area (Å²) in [6.07, 6.45) is 0.553. The van der Waals surface area contributed by atoms with Crippen LogP contribution in [0.1, 0.15) is 27.2 Å². The maximum absolute atomic E-state index is 11.3. The van der Waals surface area contributed by atoms with Crippen molar-refractivity contribution < 1.29 is 75.3 Å². The molecule has 0 aliphatic heterocycles. The summed E-state index contributed by atoms with van der Waals surface area (Å²) in [7, 11) is -4.04. The maximum Gasteiger partial charge on any atom is 1.00 e. The number of rotatable bonds is 7. The fraction of sp³-hybridized carbons (Fsp3) is 0.875. The van der Waals surface area contributed by atoms with Gasteiger partial charge in [-0.2, -0.15) is 0 Å². The molecule has 0 saturated heterocycles. The van der Waals surface area contributed by atoms with E-state index < -0.39 is 19.8 Å². The molecular formula is C8H17KNO5P. The van der Waals surface area contributed by atoms with E-state index in [1.54, 1.807) is 20.8 Å². The second-order valence-corrected chi connectivity index (χ2v) is 4.81. The van der Waals surface area contributed by atoms with Gasteiger partial charge < -0.3 is 14.8 Å². The van der Waals surface area contributed by atoms with Gasteiger partial charge in [0.25, 0.3) is 0 Å². The van der Waals surface area contributed by atoms with Gasteiger partial charge in [0.2, 0.25) is 0 Å². The van der Waals surface area contributed by atoms with Crippen molar-refractivity contribution in [3.8, 4) is 0 Å². The van der Waals surface area contributed by atoms with Gasteiger partial charge in [-0.15, -0.1) is 0 Å². The Balaban J connectivity index is 0. The van der Waals surface area contributed by atoms with E-state index >= 15 is 0 Å². The molecule has 0 aromatic carbocycles. The summed E-state index contributed by atoms with van der Waals surface area (Å²) in [4.78, 5) is 19.9. The first-order chi connectivity index (χ1) is 6.84. The molecule has 0 heterocycles. The molecule has 3 atom stereocenters. The summed E-state index contributed by atoms with van der Waals surface area (Å²) < 4.78 is 15.8. The van der Waals surface area contributed by atoms with Gasteiger partial charge in [0, 0.05) is 0 Å². The zero-order chi connectivity index (χ0) is 12.1. The summed E-state index contributed by atoms with van der Waals surface area (Å²) >= 11 is 0. The van der Waals surface area contributed by atoms with Crippen LogP contribution in [0.5, 0.6) is 0 Å². The van der Waals surface area contributed by atoms with Crippen LogP contribution in [0.4, 0.5) is 0 Å². The van der Waals surface area contributed by atoms with Crippen molar-refractivity contribution in [3.05, 3.63) is 0 Å². The molecule has 16 heavy (non-hydrogen) atoms. The molecule has 0 radical (unpaired) electrons. The van der Waals surface area contributed by atoms with E-state index in [2.05, 4.69) is 9.61 Å². The van der Waals surface area contributed by atoms with E-state index in [9.17, 15) is 19.4 Å². The van der Waals surface area contributed by atoms with Gasteiger partial charge in [-0.3, -0.25) is 4.52 Å². The fourth-order valence-corrected chi connectivity index (χ4v) is 2.17. The van der Waals surface area contributed by atoms with Crippen LogP contribution in [-0.2, 0) is 13.9 Å². The SMILES string of the molecule is CCOP(=O)(O)NC(C(=O)[O-])C(C)CC.[K+]. The molecule has 0 amide bonds. The summed E-state index contributed by atoms with van der Waals surface area (Å²) in [5, 5.41) is 12.8. The Morgan fingerprint density at radius 3 is 2.38 bits per heavy atom. The van der Waals surface area contributed by atoms with E-state index in [1.165, 1.54) is 0 Å². The first kappa shape index (κ1) is 19.6. The minimum absolute atomic E-state index is 0. The smallest absolute Gasteiger partial charge is 0.548 e. The Bertz CT molecular complexity index is 263. The molecule has 0 fully saturated rings. The Morgan fingerprint density at radius 2 is 2.06 bits per heavy atom. The molecule has 0 rings (SSSR count). The van der Waals surface area contributed by atoms with Crippen LogP contribution in [0.15, 0.2) is 0 Å². The van der Waals surface area contributed by atoms with Crippen molar-refractivity contribution in [3.63, 3.8) is 0 Å². The Labute approximate surface area is 138 Å². The van der Waals surface area contributed by atoms with Crippen LogP contribution in [0.25, 0.3) is 0 Å². The first-order valence-corrected chi connectivity index (χ1v) is 6.37. The molecule has 0 saturated carbocycles. The van der Waals surface area contributed by atoms with Gasteiger partial charge in [-0.1, -0.05) is 20.3 Å². The van der Waals surface area contributed by atoms with Gasteiger partial charge in [-0.25, -0.2) is 9.65 Å². The Kier molecular flexibility index (Phi) is 11.2. The van der Waals surface area contributed by atoms with E-state index in [4.69, 9.17) is 0 Å². The summed E-state index contributed by atoms with van der Waals surface area (Å²) in [5.74, 6) is -1.71. The monoisotopic (exact) mass is 277 g/mol. The van der Waals surface area contributed by atoms with Gasteiger partial charge in [0.05, 0.1) is 18.6 Å². The molecule has 0 aliphatic carbocycles. The number of carboxylic acid groups (broad SMARTS) is 1. The van der Waals surface area contributed by atoms with Crippen LogP contribution in [0.2, 0.25) is 0 Å². The van der Waals surface area contributed by atoms with Gasteiger partial charge in [0.1, 0.15) is 0 Å². The predicted molar refractivity (Wildman–Crippen MR) is 52.8 cm³/mol. The average molecular weight is 277 g/mol. The van der Waals surface area contributed by atoms with Gasteiger partial charge in [0.15, 0.2) is 0 Å². The Morgan fingerprint density at radius 1 is 1.56 bits per heavy atom. The molecule has 6 nitrogen and oxygen atoms in total. The third kappa shape index (κ3) is 7.52. The van der Waals surface area contributed by atoms with Crippen LogP contribution in [0.3, 0.4) is 0 Å². The Hall–Kier alpha value is 1.22. The number of hydrogen-bond donors (Lipinski definition) is 2.